The fraction of sp³-hybridized carbons (Fsp3) is 0.400. The number of carbonyl (C=O) groups is 1. The van der Waals surface area contributed by atoms with E-state index < -0.39 is 0 Å². The Morgan fingerprint density at radius 2 is 1.82 bits per heavy atom. The predicted molar refractivity (Wildman–Crippen MR) is 124 cm³/mol. The first-order valence-electron chi connectivity index (χ1n) is 11.5. The molecule has 5 rings (SSSR count). The van der Waals surface area contributed by atoms with Gasteiger partial charge in [0.2, 0.25) is 0 Å². The van der Waals surface area contributed by atoms with Gasteiger partial charge in [-0.2, -0.15) is 0 Å². The summed E-state index contributed by atoms with van der Waals surface area (Å²) in [6.07, 6.45) is 3.96. The topological polar surface area (TPSA) is 67.7 Å². The van der Waals surface area contributed by atoms with Crippen LogP contribution >= 0.6 is 0 Å². The molecule has 0 spiro atoms. The van der Waals surface area contributed by atoms with E-state index in [9.17, 15) is 14.0 Å². The minimum atomic E-state index is -0.251. The number of halogens is 1. The van der Waals surface area contributed by atoms with Crippen molar-refractivity contribution in [2.24, 2.45) is 0 Å². The molecule has 0 atom stereocenters. The van der Waals surface area contributed by atoms with E-state index in [2.05, 4.69) is 4.98 Å². The van der Waals surface area contributed by atoms with Crippen LogP contribution in [0.1, 0.15) is 25.1 Å². The zero-order valence-electron chi connectivity index (χ0n) is 18.5. The molecule has 1 fully saturated rings. The highest BCUT2D eigenvalue weighted by molar-refractivity contribution is 5.80. The van der Waals surface area contributed by atoms with Crippen LogP contribution in [0.2, 0.25) is 0 Å². The molecule has 0 bridgehead atoms. The van der Waals surface area contributed by atoms with Crippen LogP contribution in [-0.4, -0.2) is 53.1 Å². The summed E-state index contributed by atoms with van der Waals surface area (Å²) in [5, 5.41) is 0.518. The van der Waals surface area contributed by atoms with E-state index in [0.717, 1.165) is 31.5 Å². The van der Waals surface area contributed by atoms with Crippen LogP contribution in [0.5, 0.6) is 5.75 Å². The molecule has 1 aromatic heterocycles. The molecule has 0 unspecified atom stereocenters. The lowest BCUT2D eigenvalue weighted by Gasteiger charge is -2.36. The van der Waals surface area contributed by atoms with Crippen LogP contribution in [-0.2, 0) is 17.8 Å². The Morgan fingerprint density at radius 3 is 2.64 bits per heavy atom. The molecule has 2 aromatic carbocycles. The summed E-state index contributed by atoms with van der Waals surface area (Å²) in [5.74, 6) is 0.955. The van der Waals surface area contributed by atoms with Crippen molar-refractivity contribution >= 4 is 22.5 Å². The Kier molecular flexibility index (Phi) is 5.98. The number of hydrogen-bond acceptors (Lipinski definition) is 5. The summed E-state index contributed by atoms with van der Waals surface area (Å²) in [4.78, 5) is 34.0. The van der Waals surface area contributed by atoms with Crippen LogP contribution in [0.4, 0.5) is 10.1 Å². The van der Waals surface area contributed by atoms with Gasteiger partial charge < -0.3 is 14.5 Å². The fourth-order valence-electron chi connectivity index (χ4n) is 4.63. The smallest absolute Gasteiger partial charge is 0.261 e. The number of aromatic nitrogens is 2. The number of fused-ring (bicyclic) bond motifs is 2. The number of hydrogen-bond donors (Lipinski definition) is 0. The summed E-state index contributed by atoms with van der Waals surface area (Å²) in [7, 11) is 0. The number of carbonyl (C=O) groups excluding carboxylic acids is 1. The summed E-state index contributed by atoms with van der Waals surface area (Å²) in [5.41, 5.74) is 1.18. The van der Waals surface area contributed by atoms with Crippen LogP contribution in [0.15, 0.2) is 47.3 Å². The van der Waals surface area contributed by atoms with E-state index in [0.29, 0.717) is 55.1 Å². The van der Waals surface area contributed by atoms with E-state index in [4.69, 9.17) is 4.74 Å². The molecule has 172 valence electrons. The first-order valence-corrected chi connectivity index (χ1v) is 11.5. The van der Waals surface area contributed by atoms with Gasteiger partial charge in [0, 0.05) is 39.1 Å². The van der Waals surface area contributed by atoms with Crippen molar-refractivity contribution in [3.8, 4) is 5.75 Å². The number of ether oxygens (including phenoxy) is 1. The average molecular weight is 451 g/mol. The number of aryl methyl sites for hydroxylation is 1. The van der Waals surface area contributed by atoms with Crippen molar-refractivity contribution in [1.82, 2.24) is 14.5 Å². The van der Waals surface area contributed by atoms with Crippen LogP contribution in [0, 0.1) is 5.82 Å². The van der Waals surface area contributed by atoms with E-state index in [1.807, 2.05) is 11.0 Å². The van der Waals surface area contributed by atoms with Crippen LogP contribution in [0.25, 0.3) is 10.9 Å². The van der Waals surface area contributed by atoms with Gasteiger partial charge in [-0.05, 0) is 43.2 Å². The first kappa shape index (κ1) is 21.4. The average Bonchev–Trinajstić information content (AvgIpc) is 3.09. The number of para-hydroxylation sites is 1. The number of anilines is 1. The monoisotopic (exact) mass is 450 g/mol. The third-order valence-corrected chi connectivity index (χ3v) is 6.47. The van der Waals surface area contributed by atoms with Gasteiger partial charge in [0.25, 0.3) is 11.5 Å². The molecule has 3 aromatic rings. The fourth-order valence-corrected chi connectivity index (χ4v) is 4.63. The quantitative estimate of drug-likeness (QED) is 0.611. The number of amides is 1. The highest BCUT2D eigenvalue weighted by Gasteiger charge is 2.23. The molecular formula is C25H27FN4O3. The minimum Gasteiger partial charge on any atom is -0.484 e. The number of benzene rings is 2. The van der Waals surface area contributed by atoms with Crippen molar-refractivity contribution in [3.05, 3.63) is 64.5 Å². The maximum absolute atomic E-state index is 14.0. The van der Waals surface area contributed by atoms with Crippen LogP contribution in [0.3, 0.4) is 0 Å². The second kappa shape index (κ2) is 9.21. The second-order valence-corrected chi connectivity index (χ2v) is 8.58. The van der Waals surface area contributed by atoms with Gasteiger partial charge in [-0.3, -0.25) is 14.2 Å². The van der Waals surface area contributed by atoms with Gasteiger partial charge in [-0.1, -0.05) is 18.6 Å². The predicted octanol–water partition coefficient (Wildman–Crippen LogP) is 2.99. The molecular weight excluding hydrogens is 423 g/mol. The zero-order chi connectivity index (χ0) is 22.8. The van der Waals surface area contributed by atoms with Crippen molar-refractivity contribution in [1.29, 1.82) is 0 Å². The lowest BCUT2D eigenvalue weighted by molar-refractivity contribution is -0.133. The third kappa shape index (κ3) is 4.42. The molecule has 7 nitrogen and oxygen atoms in total. The Morgan fingerprint density at radius 1 is 1.00 bits per heavy atom. The Balaban J connectivity index is 1.23. The molecule has 0 aliphatic carbocycles. The highest BCUT2D eigenvalue weighted by Crippen LogP contribution is 2.22. The SMILES string of the molecule is O=C(COc1ccc2nc3n(c(=O)c2c1)CCCCC3)N1CCN(c2ccccc2F)CC1. The summed E-state index contributed by atoms with van der Waals surface area (Å²) in [6, 6.07) is 11.9. The first-order chi connectivity index (χ1) is 16.1. The van der Waals surface area contributed by atoms with E-state index >= 15 is 0 Å². The Bertz CT molecular complexity index is 1230. The molecule has 2 aliphatic rings. The van der Waals surface area contributed by atoms with Gasteiger partial charge in [-0.25, -0.2) is 9.37 Å². The Labute approximate surface area is 191 Å². The molecule has 2 aliphatic heterocycles. The summed E-state index contributed by atoms with van der Waals surface area (Å²) < 4.78 is 21.5. The number of nitrogens with zero attached hydrogens (tertiary/aromatic N) is 4. The van der Waals surface area contributed by atoms with Gasteiger partial charge in [0.1, 0.15) is 17.4 Å². The lowest BCUT2D eigenvalue weighted by Crippen LogP contribution is -2.50. The van der Waals surface area contributed by atoms with E-state index in [1.54, 1.807) is 39.8 Å². The van der Waals surface area contributed by atoms with Gasteiger partial charge in [-0.15, -0.1) is 0 Å². The number of piperazine rings is 1. The Hall–Kier alpha value is -3.42. The molecule has 1 amide bonds. The lowest BCUT2D eigenvalue weighted by atomic mass is 10.2. The molecule has 0 radical (unpaired) electrons. The molecule has 1 saturated heterocycles. The summed E-state index contributed by atoms with van der Waals surface area (Å²) in [6.45, 7) is 2.73. The maximum atomic E-state index is 14.0. The summed E-state index contributed by atoms with van der Waals surface area (Å²) >= 11 is 0. The van der Waals surface area contributed by atoms with Crippen molar-refractivity contribution in [2.75, 3.05) is 37.7 Å². The van der Waals surface area contributed by atoms with E-state index in [-0.39, 0.29) is 23.9 Å². The molecule has 33 heavy (non-hydrogen) atoms. The second-order valence-electron chi connectivity index (χ2n) is 8.58. The third-order valence-electron chi connectivity index (χ3n) is 6.47. The zero-order valence-corrected chi connectivity index (χ0v) is 18.5. The molecule has 8 heteroatoms. The van der Waals surface area contributed by atoms with Gasteiger partial charge in [0.05, 0.1) is 16.6 Å². The van der Waals surface area contributed by atoms with Crippen molar-refractivity contribution in [3.63, 3.8) is 0 Å². The van der Waals surface area contributed by atoms with Crippen LogP contribution < -0.4 is 15.2 Å². The normalized spacial score (nSPS) is 16.4. The minimum absolute atomic E-state index is 0.0436. The molecule has 3 heterocycles. The molecule has 0 N–H and O–H groups in total. The standard InChI is InChI=1S/C25H27FN4O3/c26-20-6-3-4-7-22(20)28-12-14-29(15-13-28)24(31)17-33-18-9-10-21-19(16-18)25(32)30-11-5-1-2-8-23(30)27-21/h3-4,6-7,9-10,16H,1-2,5,8,11-15,17H2. The number of rotatable bonds is 4. The maximum Gasteiger partial charge on any atom is 0.261 e. The van der Waals surface area contributed by atoms with Gasteiger partial charge >= 0.3 is 0 Å². The highest BCUT2D eigenvalue weighted by atomic mass is 19.1. The largest absolute Gasteiger partial charge is 0.484 e. The van der Waals surface area contributed by atoms with E-state index in [1.165, 1.54) is 6.07 Å². The van der Waals surface area contributed by atoms with Crippen molar-refractivity contribution in [2.45, 2.75) is 32.2 Å². The molecule has 0 saturated carbocycles. The van der Waals surface area contributed by atoms with Gasteiger partial charge in [0.15, 0.2) is 6.61 Å². The van der Waals surface area contributed by atoms with Crippen molar-refractivity contribution < 1.29 is 13.9 Å².